The molecule has 1 unspecified atom stereocenters. The van der Waals surface area contributed by atoms with Crippen molar-refractivity contribution in [2.24, 2.45) is 5.73 Å². The SMILES string of the molecule is Cl.Cl.NC(C(=O)N1CCN(CC(=O)NC2CCCCC2)CC1)c1ccccc1. The van der Waals surface area contributed by atoms with Gasteiger partial charge in [0.25, 0.3) is 0 Å². The van der Waals surface area contributed by atoms with Crippen LogP contribution in [-0.4, -0.2) is 60.4 Å². The second-order valence-electron chi connectivity index (χ2n) is 7.39. The first-order valence-electron chi connectivity index (χ1n) is 9.74. The van der Waals surface area contributed by atoms with E-state index in [1.807, 2.05) is 35.2 Å². The van der Waals surface area contributed by atoms with Crippen molar-refractivity contribution in [3.8, 4) is 0 Å². The van der Waals surface area contributed by atoms with Crippen molar-refractivity contribution in [3.63, 3.8) is 0 Å². The molecule has 3 N–H and O–H groups in total. The van der Waals surface area contributed by atoms with Gasteiger partial charge in [-0.05, 0) is 18.4 Å². The monoisotopic (exact) mass is 430 g/mol. The van der Waals surface area contributed by atoms with E-state index in [9.17, 15) is 9.59 Å². The molecule has 1 aromatic carbocycles. The number of rotatable bonds is 5. The van der Waals surface area contributed by atoms with Crippen LogP contribution in [0.25, 0.3) is 0 Å². The fraction of sp³-hybridized carbons (Fsp3) is 0.600. The van der Waals surface area contributed by atoms with Crippen LogP contribution in [0.1, 0.15) is 43.7 Å². The standard InChI is InChI=1S/C20H30N4O2.2ClH/c21-19(16-7-3-1-4-8-16)20(26)24-13-11-23(12-14-24)15-18(25)22-17-9-5-2-6-10-17;;/h1,3-4,7-8,17,19H,2,5-6,9-15,21H2,(H,22,25);2*1H. The van der Waals surface area contributed by atoms with Gasteiger partial charge in [0, 0.05) is 32.2 Å². The van der Waals surface area contributed by atoms with Gasteiger partial charge >= 0.3 is 0 Å². The van der Waals surface area contributed by atoms with Crippen LogP contribution >= 0.6 is 24.8 Å². The molecular weight excluding hydrogens is 399 g/mol. The van der Waals surface area contributed by atoms with Crippen molar-refractivity contribution < 1.29 is 9.59 Å². The number of benzene rings is 1. The first kappa shape index (κ1) is 24.7. The maximum Gasteiger partial charge on any atom is 0.244 e. The van der Waals surface area contributed by atoms with Gasteiger partial charge in [0.2, 0.25) is 11.8 Å². The molecular formula is C20H32Cl2N4O2. The second kappa shape index (κ2) is 12.3. The highest BCUT2D eigenvalue weighted by Crippen LogP contribution is 2.17. The third-order valence-corrected chi connectivity index (χ3v) is 5.45. The Balaban J connectivity index is 0.00000196. The van der Waals surface area contributed by atoms with Gasteiger partial charge < -0.3 is 16.0 Å². The van der Waals surface area contributed by atoms with E-state index in [4.69, 9.17) is 5.73 Å². The Morgan fingerprint density at radius 1 is 1.00 bits per heavy atom. The molecule has 1 atom stereocenters. The fourth-order valence-electron chi connectivity index (χ4n) is 3.85. The van der Waals surface area contributed by atoms with Gasteiger partial charge in [-0.25, -0.2) is 0 Å². The minimum atomic E-state index is -0.614. The molecule has 3 rings (SSSR count). The number of amides is 2. The lowest BCUT2D eigenvalue weighted by molar-refractivity contribution is -0.134. The summed E-state index contributed by atoms with van der Waals surface area (Å²) in [4.78, 5) is 28.8. The number of halogens is 2. The average molecular weight is 431 g/mol. The van der Waals surface area contributed by atoms with Gasteiger partial charge in [-0.15, -0.1) is 24.8 Å². The van der Waals surface area contributed by atoms with Crippen LogP contribution in [0.2, 0.25) is 0 Å². The average Bonchev–Trinajstić information content (AvgIpc) is 2.69. The molecule has 1 saturated heterocycles. The van der Waals surface area contributed by atoms with Crippen LogP contribution in [0.15, 0.2) is 30.3 Å². The Kier molecular flexibility index (Phi) is 10.8. The molecule has 6 nitrogen and oxygen atoms in total. The largest absolute Gasteiger partial charge is 0.352 e. The molecule has 2 aliphatic rings. The predicted octanol–water partition coefficient (Wildman–Crippen LogP) is 2.12. The van der Waals surface area contributed by atoms with Gasteiger partial charge in [-0.1, -0.05) is 49.6 Å². The molecule has 28 heavy (non-hydrogen) atoms. The number of nitrogens with two attached hydrogens (primary N) is 1. The number of hydrogen-bond donors (Lipinski definition) is 2. The number of nitrogens with one attached hydrogen (secondary N) is 1. The lowest BCUT2D eigenvalue weighted by Gasteiger charge is -2.36. The molecule has 0 bridgehead atoms. The zero-order chi connectivity index (χ0) is 18.4. The Labute approximate surface area is 180 Å². The van der Waals surface area contributed by atoms with Crippen LogP contribution in [0, 0.1) is 0 Å². The molecule has 2 amide bonds. The summed E-state index contributed by atoms with van der Waals surface area (Å²) >= 11 is 0. The number of carbonyl (C=O) groups excluding carboxylic acids is 2. The summed E-state index contributed by atoms with van der Waals surface area (Å²) in [5.41, 5.74) is 6.96. The van der Waals surface area contributed by atoms with E-state index in [1.165, 1.54) is 19.3 Å². The van der Waals surface area contributed by atoms with E-state index in [1.54, 1.807) is 0 Å². The van der Waals surface area contributed by atoms with Gasteiger partial charge in [0.05, 0.1) is 6.54 Å². The highest BCUT2D eigenvalue weighted by atomic mass is 35.5. The summed E-state index contributed by atoms with van der Waals surface area (Å²) in [5.74, 6) is 0.0696. The summed E-state index contributed by atoms with van der Waals surface area (Å²) in [6.07, 6.45) is 5.92. The quantitative estimate of drug-likeness (QED) is 0.749. The summed E-state index contributed by atoms with van der Waals surface area (Å²) < 4.78 is 0. The van der Waals surface area contributed by atoms with E-state index >= 15 is 0 Å². The Hall–Kier alpha value is -1.34. The maximum absolute atomic E-state index is 12.6. The van der Waals surface area contributed by atoms with Crippen LogP contribution in [-0.2, 0) is 9.59 Å². The van der Waals surface area contributed by atoms with Gasteiger partial charge in [0.1, 0.15) is 6.04 Å². The number of carbonyl (C=O) groups is 2. The van der Waals surface area contributed by atoms with Crippen molar-refractivity contribution in [2.75, 3.05) is 32.7 Å². The first-order chi connectivity index (χ1) is 12.6. The molecule has 158 valence electrons. The van der Waals surface area contributed by atoms with E-state index in [0.29, 0.717) is 38.8 Å². The second-order valence-corrected chi connectivity index (χ2v) is 7.39. The van der Waals surface area contributed by atoms with E-state index in [0.717, 1.165) is 18.4 Å². The fourth-order valence-corrected chi connectivity index (χ4v) is 3.85. The number of hydrogen-bond acceptors (Lipinski definition) is 4. The molecule has 0 aromatic heterocycles. The topological polar surface area (TPSA) is 78.7 Å². The summed E-state index contributed by atoms with van der Waals surface area (Å²) in [6.45, 7) is 3.09. The Morgan fingerprint density at radius 2 is 1.61 bits per heavy atom. The van der Waals surface area contributed by atoms with Crippen molar-refractivity contribution in [1.82, 2.24) is 15.1 Å². The van der Waals surface area contributed by atoms with Crippen LogP contribution in [0.5, 0.6) is 0 Å². The van der Waals surface area contributed by atoms with E-state index < -0.39 is 6.04 Å². The third kappa shape index (κ3) is 6.92. The molecule has 8 heteroatoms. The zero-order valence-electron chi connectivity index (χ0n) is 16.2. The molecule has 2 fully saturated rings. The number of nitrogens with zero attached hydrogens (tertiary/aromatic N) is 2. The molecule has 0 radical (unpaired) electrons. The zero-order valence-corrected chi connectivity index (χ0v) is 17.9. The van der Waals surface area contributed by atoms with E-state index in [2.05, 4.69) is 10.2 Å². The van der Waals surface area contributed by atoms with Crippen molar-refractivity contribution >= 4 is 36.6 Å². The highest BCUT2D eigenvalue weighted by molar-refractivity contribution is 5.85. The first-order valence-corrected chi connectivity index (χ1v) is 9.74. The third-order valence-electron chi connectivity index (χ3n) is 5.45. The predicted molar refractivity (Wildman–Crippen MR) is 116 cm³/mol. The van der Waals surface area contributed by atoms with Gasteiger partial charge in [-0.2, -0.15) is 0 Å². The van der Waals surface area contributed by atoms with Crippen LogP contribution in [0.3, 0.4) is 0 Å². The molecule has 1 saturated carbocycles. The van der Waals surface area contributed by atoms with Crippen LogP contribution in [0.4, 0.5) is 0 Å². The van der Waals surface area contributed by atoms with Gasteiger partial charge in [-0.3, -0.25) is 14.5 Å². The minimum absolute atomic E-state index is 0. The molecule has 0 spiro atoms. The summed E-state index contributed by atoms with van der Waals surface area (Å²) in [6, 6.07) is 9.21. The Bertz CT molecular complexity index is 603. The van der Waals surface area contributed by atoms with E-state index in [-0.39, 0.29) is 36.6 Å². The highest BCUT2D eigenvalue weighted by Gasteiger charge is 2.27. The molecule has 1 aliphatic heterocycles. The number of piperazine rings is 1. The van der Waals surface area contributed by atoms with Gasteiger partial charge in [0.15, 0.2) is 0 Å². The lowest BCUT2D eigenvalue weighted by Crippen LogP contribution is -2.53. The molecule has 1 aromatic rings. The van der Waals surface area contributed by atoms with Crippen molar-refractivity contribution in [2.45, 2.75) is 44.2 Å². The maximum atomic E-state index is 12.6. The van der Waals surface area contributed by atoms with Crippen LogP contribution < -0.4 is 11.1 Å². The molecule has 1 aliphatic carbocycles. The summed E-state index contributed by atoms with van der Waals surface area (Å²) in [5, 5.41) is 3.16. The summed E-state index contributed by atoms with van der Waals surface area (Å²) in [7, 11) is 0. The smallest absolute Gasteiger partial charge is 0.244 e. The minimum Gasteiger partial charge on any atom is -0.352 e. The van der Waals surface area contributed by atoms with Crippen molar-refractivity contribution in [1.29, 1.82) is 0 Å². The normalized spacial score (nSPS) is 19.1. The van der Waals surface area contributed by atoms with Crippen molar-refractivity contribution in [3.05, 3.63) is 35.9 Å². The Morgan fingerprint density at radius 3 is 2.21 bits per heavy atom. The molecule has 1 heterocycles. The lowest BCUT2D eigenvalue weighted by atomic mass is 9.95.